The lowest BCUT2D eigenvalue weighted by Crippen LogP contribution is -2.18. The molecule has 0 aromatic carbocycles. The highest BCUT2D eigenvalue weighted by Gasteiger charge is 2.17. The summed E-state index contributed by atoms with van der Waals surface area (Å²) in [6.07, 6.45) is 2.39. The molecule has 1 aromatic heterocycles. The number of thiophene rings is 1. The maximum absolute atomic E-state index is 5.22. The molecule has 0 amide bonds. The fourth-order valence-electron chi connectivity index (χ4n) is 1.63. The second-order valence-electron chi connectivity index (χ2n) is 5.33. The molecule has 92 valence electrons. The van der Waals surface area contributed by atoms with Crippen LogP contribution in [0.3, 0.4) is 0 Å². The number of methoxy groups -OCH3 is 1. The van der Waals surface area contributed by atoms with Gasteiger partial charge in [0, 0.05) is 16.3 Å². The molecule has 0 bridgehead atoms. The predicted molar refractivity (Wildman–Crippen MR) is 71.4 cm³/mol. The van der Waals surface area contributed by atoms with E-state index in [1.807, 2.05) is 7.05 Å². The van der Waals surface area contributed by atoms with Crippen LogP contribution in [0.4, 0.5) is 0 Å². The van der Waals surface area contributed by atoms with E-state index in [2.05, 4.69) is 37.5 Å². The zero-order chi connectivity index (χ0) is 12.2. The fraction of sp³-hybridized carbons (Fsp3) is 0.692. The summed E-state index contributed by atoms with van der Waals surface area (Å²) in [5.41, 5.74) is 0.399. The van der Waals surface area contributed by atoms with Gasteiger partial charge in [-0.15, -0.1) is 11.3 Å². The number of rotatable bonds is 5. The fourth-order valence-corrected chi connectivity index (χ4v) is 2.63. The van der Waals surface area contributed by atoms with E-state index in [-0.39, 0.29) is 0 Å². The van der Waals surface area contributed by atoms with Crippen LogP contribution in [0.1, 0.15) is 44.5 Å². The van der Waals surface area contributed by atoms with Crippen molar-refractivity contribution in [1.82, 2.24) is 5.32 Å². The third kappa shape index (κ3) is 4.14. The van der Waals surface area contributed by atoms with E-state index >= 15 is 0 Å². The maximum atomic E-state index is 5.22. The minimum absolute atomic E-state index is 0.399. The Morgan fingerprint density at radius 2 is 2.12 bits per heavy atom. The van der Waals surface area contributed by atoms with Crippen molar-refractivity contribution in [3.05, 3.63) is 16.3 Å². The normalized spacial score (nSPS) is 13.8. The molecule has 0 aliphatic rings. The third-order valence-electron chi connectivity index (χ3n) is 2.71. The molecule has 1 atom stereocenters. The van der Waals surface area contributed by atoms with Crippen molar-refractivity contribution >= 4 is 11.3 Å². The molecular weight excluding hydrogens is 218 g/mol. The van der Waals surface area contributed by atoms with Crippen molar-refractivity contribution in [1.29, 1.82) is 0 Å². The molecule has 1 N–H and O–H groups in total. The van der Waals surface area contributed by atoms with Crippen LogP contribution in [-0.4, -0.2) is 14.2 Å². The number of ether oxygens (including phenoxy) is 1. The first-order chi connectivity index (χ1) is 7.46. The summed E-state index contributed by atoms with van der Waals surface area (Å²) in [5, 5.41) is 5.45. The Bertz CT molecular complexity index is 314. The number of nitrogens with one attached hydrogen (secondary N) is 1. The first-order valence-corrected chi connectivity index (χ1v) is 6.64. The monoisotopic (exact) mass is 241 g/mol. The molecule has 16 heavy (non-hydrogen) atoms. The Hall–Kier alpha value is -0.540. The molecule has 1 aromatic rings. The van der Waals surface area contributed by atoms with Gasteiger partial charge in [-0.05, 0) is 31.4 Å². The molecular formula is C13H23NOS. The molecule has 1 rings (SSSR count). The lowest BCUT2D eigenvalue weighted by atomic mass is 9.88. The SMILES string of the molecule is CNC(CCC(C)(C)C)c1cc(OC)cs1. The summed E-state index contributed by atoms with van der Waals surface area (Å²) >= 11 is 1.77. The lowest BCUT2D eigenvalue weighted by Gasteiger charge is -2.22. The Labute approximate surface area is 103 Å². The van der Waals surface area contributed by atoms with Gasteiger partial charge in [0.1, 0.15) is 5.75 Å². The molecule has 3 heteroatoms. The van der Waals surface area contributed by atoms with Crippen LogP contribution in [0, 0.1) is 5.41 Å². The zero-order valence-electron chi connectivity index (χ0n) is 11.0. The van der Waals surface area contributed by atoms with E-state index in [4.69, 9.17) is 4.74 Å². The lowest BCUT2D eigenvalue weighted by molar-refractivity contribution is 0.339. The summed E-state index contributed by atoms with van der Waals surface area (Å²) < 4.78 is 5.22. The van der Waals surface area contributed by atoms with Gasteiger partial charge in [0.15, 0.2) is 0 Å². The number of hydrogen-bond donors (Lipinski definition) is 1. The van der Waals surface area contributed by atoms with Crippen LogP contribution in [0.5, 0.6) is 5.75 Å². The summed E-state index contributed by atoms with van der Waals surface area (Å²) in [5.74, 6) is 0.969. The third-order valence-corrected chi connectivity index (χ3v) is 3.73. The van der Waals surface area contributed by atoms with Crippen molar-refractivity contribution in [2.24, 2.45) is 5.41 Å². The smallest absolute Gasteiger partial charge is 0.129 e. The van der Waals surface area contributed by atoms with Crippen LogP contribution in [0.25, 0.3) is 0 Å². The molecule has 1 heterocycles. The van der Waals surface area contributed by atoms with Crippen LogP contribution < -0.4 is 10.1 Å². The molecule has 0 saturated heterocycles. The minimum Gasteiger partial charge on any atom is -0.496 e. The average Bonchev–Trinajstić information content (AvgIpc) is 2.65. The number of hydrogen-bond acceptors (Lipinski definition) is 3. The Morgan fingerprint density at radius 3 is 2.56 bits per heavy atom. The highest BCUT2D eigenvalue weighted by molar-refractivity contribution is 7.10. The quantitative estimate of drug-likeness (QED) is 0.845. The summed E-state index contributed by atoms with van der Waals surface area (Å²) in [7, 11) is 3.74. The second-order valence-corrected chi connectivity index (χ2v) is 6.27. The molecule has 0 radical (unpaired) electrons. The Kier molecular flexibility index (Phi) is 4.81. The summed E-state index contributed by atoms with van der Waals surface area (Å²) in [4.78, 5) is 1.36. The molecule has 1 unspecified atom stereocenters. The van der Waals surface area contributed by atoms with Crippen molar-refractivity contribution in [3.8, 4) is 5.75 Å². The maximum Gasteiger partial charge on any atom is 0.129 e. The van der Waals surface area contributed by atoms with Crippen LogP contribution >= 0.6 is 11.3 Å². The van der Waals surface area contributed by atoms with Crippen molar-refractivity contribution < 1.29 is 4.74 Å². The van der Waals surface area contributed by atoms with Crippen molar-refractivity contribution in [2.45, 2.75) is 39.7 Å². The van der Waals surface area contributed by atoms with Gasteiger partial charge in [-0.1, -0.05) is 20.8 Å². The van der Waals surface area contributed by atoms with E-state index in [1.165, 1.54) is 17.7 Å². The van der Waals surface area contributed by atoms with Gasteiger partial charge in [-0.25, -0.2) is 0 Å². The summed E-state index contributed by atoms with van der Waals surface area (Å²) in [6, 6.07) is 2.59. The van der Waals surface area contributed by atoms with E-state index in [0.29, 0.717) is 11.5 Å². The predicted octanol–water partition coefficient (Wildman–Crippen LogP) is 3.84. The van der Waals surface area contributed by atoms with Crippen LogP contribution in [0.15, 0.2) is 11.4 Å². The Morgan fingerprint density at radius 1 is 1.44 bits per heavy atom. The minimum atomic E-state index is 0.399. The highest BCUT2D eigenvalue weighted by atomic mass is 32.1. The van der Waals surface area contributed by atoms with Crippen LogP contribution in [-0.2, 0) is 0 Å². The topological polar surface area (TPSA) is 21.3 Å². The standard InChI is InChI=1S/C13H23NOS/c1-13(2,3)7-6-11(14-4)12-8-10(15-5)9-16-12/h8-9,11,14H,6-7H2,1-5H3. The van der Waals surface area contributed by atoms with Crippen LogP contribution in [0.2, 0.25) is 0 Å². The van der Waals surface area contributed by atoms with Gasteiger partial charge in [0.2, 0.25) is 0 Å². The van der Waals surface area contributed by atoms with Gasteiger partial charge in [0.05, 0.1) is 7.11 Å². The van der Waals surface area contributed by atoms with Gasteiger partial charge < -0.3 is 10.1 Å². The molecule has 0 spiro atoms. The Balaban J connectivity index is 2.60. The molecule has 2 nitrogen and oxygen atoms in total. The van der Waals surface area contributed by atoms with Gasteiger partial charge in [-0.2, -0.15) is 0 Å². The molecule has 0 saturated carbocycles. The average molecular weight is 241 g/mol. The van der Waals surface area contributed by atoms with Gasteiger partial charge in [0.25, 0.3) is 0 Å². The largest absolute Gasteiger partial charge is 0.496 e. The second kappa shape index (κ2) is 5.69. The first-order valence-electron chi connectivity index (χ1n) is 5.76. The van der Waals surface area contributed by atoms with E-state index in [9.17, 15) is 0 Å². The zero-order valence-corrected chi connectivity index (χ0v) is 11.8. The summed E-state index contributed by atoms with van der Waals surface area (Å²) in [6.45, 7) is 6.86. The molecule has 0 fully saturated rings. The highest BCUT2D eigenvalue weighted by Crippen LogP contribution is 2.32. The van der Waals surface area contributed by atoms with Gasteiger partial charge in [-0.3, -0.25) is 0 Å². The molecule has 0 aliphatic heterocycles. The van der Waals surface area contributed by atoms with Gasteiger partial charge >= 0.3 is 0 Å². The first kappa shape index (κ1) is 13.5. The van der Waals surface area contributed by atoms with E-state index in [1.54, 1.807) is 18.4 Å². The van der Waals surface area contributed by atoms with E-state index < -0.39 is 0 Å². The van der Waals surface area contributed by atoms with E-state index in [0.717, 1.165) is 5.75 Å². The van der Waals surface area contributed by atoms with Crippen molar-refractivity contribution in [2.75, 3.05) is 14.2 Å². The van der Waals surface area contributed by atoms with Crippen molar-refractivity contribution in [3.63, 3.8) is 0 Å². The molecule has 0 aliphatic carbocycles.